The number of aromatic carboxylic acids is 1. The normalized spacial score (nSPS) is 10.7. The van der Waals surface area contributed by atoms with E-state index in [9.17, 15) is 4.79 Å². The molecule has 1 heterocycles. The molecule has 0 aliphatic rings. The number of carbonyl (C=O) groups is 1. The van der Waals surface area contributed by atoms with Crippen molar-refractivity contribution in [1.82, 2.24) is 0 Å². The predicted octanol–water partition coefficient (Wildman–Crippen LogP) is 4.19. The fourth-order valence-electron chi connectivity index (χ4n) is 2.20. The second-order valence-electron chi connectivity index (χ2n) is 4.44. The van der Waals surface area contributed by atoms with Crippen LogP contribution in [0.2, 0.25) is 0 Å². The summed E-state index contributed by atoms with van der Waals surface area (Å²) in [7, 11) is 0. The molecule has 1 aromatic heterocycles. The highest BCUT2D eigenvalue weighted by Gasteiger charge is 2.07. The maximum absolute atomic E-state index is 11.0. The van der Waals surface area contributed by atoms with Gasteiger partial charge in [0, 0.05) is 4.70 Å². The van der Waals surface area contributed by atoms with Gasteiger partial charge >= 0.3 is 5.97 Å². The molecule has 0 aliphatic carbocycles. The molecule has 1 N–H and O–H groups in total. The van der Waals surface area contributed by atoms with Gasteiger partial charge in [-0.15, -0.1) is 11.3 Å². The van der Waals surface area contributed by atoms with Crippen molar-refractivity contribution in [1.29, 1.82) is 0 Å². The van der Waals surface area contributed by atoms with Gasteiger partial charge in [0.25, 0.3) is 0 Å². The average Bonchev–Trinajstić information content (AvgIpc) is 2.83. The molecule has 0 fully saturated rings. The van der Waals surface area contributed by atoms with Crippen LogP contribution in [0.3, 0.4) is 0 Å². The van der Waals surface area contributed by atoms with E-state index in [1.165, 1.54) is 15.6 Å². The second-order valence-corrected chi connectivity index (χ2v) is 5.35. The lowest BCUT2D eigenvalue weighted by Gasteiger charge is -2.02. The number of carboxylic acids is 1. The summed E-state index contributed by atoms with van der Waals surface area (Å²) in [5.74, 6) is -0.878. The van der Waals surface area contributed by atoms with Crippen molar-refractivity contribution in [3.8, 4) is 0 Å². The maximum atomic E-state index is 11.0. The summed E-state index contributed by atoms with van der Waals surface area (Å²) >= 11 is 1.73. The van der Waals surface area contributed by atoms with Gasteiger partial charge in [-0.05, 0) is 46.5 Å². The third-order valence-electron chi connectivity index (χ3n) is 3.13. The van der Waals surface area contributed by atoms with Gasteiger partial charge in [-0.1, -0.05) is 30.3 Å². The zero-order chi connectivity index (χ0) is 13.2. The topological polar surface area (TPSA) is 37.3 Å². The quantitative estimate of drug-likeness (QED) is 0.773. The first-order valence-electron chi connectivity index (χ1n) is 6.01. The molecule has 0 saturated heterocycles. The first-order valence-corrected chi connectivity index (χ1v) is 6.89. The SMILES string of the molecule is O=C(O)c1cccc(Cc2csc3ccccc23)c1. The smallest absolute Gasteiger partial charge is 0.335 e. The first-order chi connectivity index (χ1) is 9.24. The lowest BCUT2D eigenvalue weighted by molar-refractivity contribution is 0.0697. The molecule has 19 heavy (non-hydrogen) atoms. The molecule has 3 aromatic rings. The van der Waals surface area contributed by atoms with E-state index in [-0.39, 0.29) is 0 Å². The van der Waals surface area contributed by atoms with Crippen LogP contribution in [0.4, 0.5) is 0 Å². The van der Waals surface area contributed by atoms with Crippen LogP contribution < -0.4 is 0 Å². The Kier molecular flexibility index (Phi) is 3.05. The molecule has 0 saturated carbocycles. The predicted molar refractivity (Wildman–Crippen MR) is 78.0 cm³/mol. The van der Waals surface area contributed by atoms with E-state index < -0.39 is 5.97 Å². The molecule has 0 atom stereocenters. The van der Waals surface area contributed by atoms with Gasteiger partial charge in [0.1, 0.15) is 0 Å². The molecule has 94 valence electrons. The molecule has 2 nitrogen and oxygen atoms in total. The molecule has 0 radical (unpaired) electrons. The molecule has 0 bridgehead atoms. The Bertz CT molecular complexity index is 743. The largest absolute Gasteiger partial charge is 0.478 e. The van der Waals surface area contributed by atoms with Crippen LogP contribution >= 0.6 is 11.3 Å². The van der Waals surface area contributed by atoms with E-state index in [1.807, 2.05) is 18.2 Å². The monoisotopic (exact) mass is 268 g/mol. The highest BCUT2D eigenvalue weighted by molar-refractivity contribution is 7.17. The van der Waals surface area contributed by atoms with Crippen molar-refractivity contribution in [2.24, 2.45) is 0 Å². The summed E-state index contributed by atoms with van der Waals surface area (Å²) in [5.41, 5.74) is 2.63. The summed E-state index contributed by atoms with van der Waals surface area (Å²) < 4.78 is 1.27. The Morgan fingerprint density at radius 2 is 1.95 bits per heavy atom. The van der Waals surface area contributed by atoms with Gasteiger partial charge in [-0.3, -0.25) is 0 Å². The summed E-state index contributed by atoms with van der Waals surface area (Å²) in [4.78, 5) is 11.0. The molecular weight excluding hydrogens is 256 g/mol. The van der Waals surface area contributed by atoms with Gasteiger partial charge in [0.15, 0.2) is 0 Å². The summed E-state index contributed by atoms with van der Waals surface area (Å²) in [6.45, 7) is 0. The minimum absolute atomic E-state index is 0.344. The van der Waals surface area contributed by atoms with Crippen molar-refractivity contribution >= 4 is 27.4 Å². The number of rotatable bonds is 3. The molecule has 3 rings (SSSR count). The summed E-state index contributed by atoms with van der Waals surface area (Å²) in [6, 6.07) is 15.4. The number of benzene rings is 2. The van der Waals surface area contributed by atoms with Crippen molar-refractivity contribution in [3.05, 3.63) is 70.6 Å². The fraction of sp³-hybridized carbons (Fsp3) is 0.0625. The highest BCUT2D eigenvalue weighted by atomic mass is 32.1. The van der Waals surface area contributed by atoms with Crippen LogP contribution in [0, 0.1) is 0 Å². The van der Waals surface area contributed by atoms with Crippen LogP contribution in [0.1, 0.15) is 21.5 Å². The number of thiophene rings is 1. The molecule has 2 aromatic carbocycles. The highest BCUT2D eigenvalue weighted by Crippen LogP contribution is 2.27. The maximum Gasteiger partial charge on any atom is 0.335 e. The zero-order valence-electron chi connectivity index (χ0n) is 10.2. The lowest BCUT2D eigenvalue weighted by atomic mass is 10.0. The zero-order valence-corrected chi connectivity index (χ0v) is 11.0. The summed E-state index contributed by atoms with van der Waals surface area (Å²) in [6.07, 6.45) is 0.769. The van der Waals surface area contributed by atoms with E-state index in [0.29, 0.717) is 5.56 Å². The van der Waals surface area contributed by atoms with E-state index >= 15 is 0 Å². The Morgan fingerprint density at radius 3 is 2.79 bits per heavy atom. The van der Waals surface area contributed by atoms with Crippen LogP contribution in [0.5, 0.6) is 0 Å². The van der Waals surface area contributed by atoms with Crippen LogP contribution in [0.15, 0.2) is 53.9 Å². The van der Waals surface area contributed by atoms with Crippen molar-refractivity contribution in [3.63, 3.8) is 0 Å². The van der Waals surface area contributed by atoms with Gasteiger partial charge in [0.2, 0.25) is 0 Å². The van der Waals surface area contributed by atoms with Crippen molar-refractivity contribution < 1.29 is 9.90 Å². The summed E-state index contributed by atoms with van der Waals surface area (Å²) in [5, 5.41) is 12.4. The van der Waals surface area contributed by atoms with Crippen LogP contribution in [-0.2, 0) is 6.42 Å². The first kappa shape index (κ1) is 11.9. The number of carboxylic acid groups (broad SMARTS) is 1. The second kappa shape index (κ2) is 4.86. The van der Waals surface area contributed by atoms with Crippen LogP contribution in [-0.4, -0.2) is 11.1 Å². The van der Waals surface area contributed by atoms with Crippen molar-refractivity contribution in [2.45, 2.75) is 6.42 Å². The van der Waals surface area contributed by atoms with E-state index in [1.54, 1.807) is 29.5 Å². The van der Waals surface area contributed by atoms with Gasteiger partial charge in [-0.2, -0.15) is 0 Å². The average molecular weight is 268 g/mol. The minimum Gasteiger partial charge on any atom is -0.478 e. The number of hydrogen-bond donors (Lipinski definition) is 1. The Hall–Kier alpha value is -2.13. The van der Waals surface area contributed by atoms with E-state index in [4.69, 9.17) is 5.11 Å². The fourth-order valence-corrected chi connectivity index (χ4v) is 3.17. The minimum atomic E-state index is -0.878. The third kappa shape index (κ3) is 2.37. The number of hydrogen-bond acceptors (Lipinski definition) is 2. The Morgan fingerprint density at radius 1 is 1.11 bits per heavy atom. The molecule has 0 unspecified atom stereocenters. The van der Waals surface area contributed by atoms with E-state index in [2.05, 4.69) is 17.5 Å². The third-order valence-corrected chi connectivity index (χ3v) is 4.14. The molecule has 3 heteroatoms. The molecule has 0 aliphatic heterocycles. The molecule has 0 spiro atoms. The molecule has 0 amide bonds. The van der Waals surface area contributed by atoms with Crippen molar-refractivity contribution in [2.75, 3.05) is 0 Å². The lowest BCUT2D eigenvalue weighted by Crippen LogP contribution is -1.97. The number of fused-ring (bicyclic) bond motifs is 1. The standard InChI is InChI=1S/C16H12O2S/c17-16(18)12-5-3-4-11(8-12)9-13-10-19-15-7-2-1-6-14(13)15/h1-8,10H,9H2,(H,17,18). The van der Waals surface area contributed by atoms with Crippen LogP contribution in [0.25, 0.3) is 10.1 Å². The Balaban J connectivity index is 1.97. The Labute approximate surface area is 114 Å². The van der Waals surface area contributed by atoms with Gasteiger partial charge in [-0.25, -0.2) is 4.79 Å². The van der Waals surface area contributed by atoms with Gasteiger partial charge in [0.05, 0.1) is 5.56 Å². The van der Waals surface area contributed by atoms with E-state index in [0.717, 1.165) is 12.0 Å². The molecular formula is C16H12O2S. The van der Waals surface area contributed by atoms with Gasteiger partial charge < -0.3 is 5.11 Å².